The lowest BCUT2D eigenvalue weighted by atomic mass is 10.1. The summed E-state index contributed by atoms with van der Waals surface area (Å²) in [6.45, 7) is 0. The van der Waals surface area contributed by atoms with Crippen molar-refractivity contribution in [2.75, 3.05) is 11.9 Å². The second kappa shape index (κ2) is 4.77. The van der Waals surface area contributed by atoms with Crippen LogP contribution in [-0.4, -0.2) is 23.2 Å². The van der Waals surface area contributed by atoms with Gasteiger partial charge in [-0.15, -0.1) is 0 Å². The third-order valence-corrected chi connectivity index (χ3v) is 3.23. The first-order valence-corrected chi connectivity index (χ1v) is 6.12. The zero-order valence-corrected chi connectivity index (χ0v) is 10.8. The first-order valence-electron chi connectivity index (χ1n) is 6.12. The maximum atomic E-state index is 12.9. The summed E-state index contributed by atoms with van der Waals surface area (Å²) in [4.78, 5) is 14.0. The summed E-state index contributed by atoms with van der Waals surface area (Å²) in [5, 5.41) is 7.65. The number of fused-ring (bicyclic) bond motifs is 1. The summed E-state index contributed by atoms with van der Waals surface area (Å²) in [6, 6.07) is 11.2. The molecule has 0 bridgehead atoms. The number of aromatic amines is 1. The van der Waals surface area contributed by atoms with Crippen LogP contribution < -0.4 is 4.90 Å². The molecule has 0 radical (unpaired) electrons. The zero-order valence-electron chi connectivity index (χ0n) is 10.8. The second-order valence-electron chi connectivity index (χ2n) is 4.48. The van der Waals surface area contributed by atoms with E-state index in [2.05, 4.69) is 10.2 Å². The van der Waals surface area contributed by atoms with Crippen LogP contribution in [0.1, 0.15) is 10.4 Å². The van der Waals surface area contributed by atoms with Gasteiger partial charge in [0.1, 0.15) is 5.82 Å². The van der Waals surface area contributed by atoms with Gasteiger partial charge in [-0.05, 0) is 30.3 Å². The van der Waals surface area contributed by atoms with Crippen molar-refractivity contribution in [3.8, 4) is 0 Å². The van der Waals surface area contributed by atoms with Gasteiger partial charge in [0.2, 0.25) is 0 Å². The topological polar surface area (TPSA) is 49.0 Å². The molecule has 1 aromatic heterocycles. The quantitative estimate of drug-likeness (QED) is 0.777. The molecule has 20 heavy (non-hydrogen) atoms. The fourth-order valence-corrected chi connectivity index (χ4v) is 2.11. The molecule has 0 saturated carbocycles. The maximum absolute atomic E-state index is 12.9. The SMILES string of the molecule is CN(C(=O)c1cccc2cn[nH]c12)c1ccc(F)cc1. The smallest absolute Gasteiger partial charge is 0.260 e. The first kappa shape index (κ1) is 12.3. The van der Waals surface area contributed by atoms with E-state index < -0.39 is 0 Å². The number of nitrogens with zero attached hydrogens (tertiary/aromatic N) is 2. The summed E-state index contributed by atoms with van der Waals surface area (Å²) >= 11 is 0. The highest BCUT2D eigenvalue weighted by Gasteiger charge is 2.16. The van der Waals surface area contributed by atoms with E-state index in [1.165, 1.54) is 17.0 Å². The van der Waals surface area contributed by atoms with Crippen LogP contribution in [0.15, 0.2) is 48.7 Å². The lowest BCUT2D eigenvalue weighted by Crippen LogP contribution is -2.26. The Labute approximate surface area is 114 Å². The lowest BCUT2D eigenvalue weighted by molar-refractivity contribution is 0.0994. The molecular formula is C15H12FN3O. The van der Waals surface area contributed by atoms with E-state index in [1.807, 2.05) is 12.1 Å². The van der Waals surface area contributed by atoms with Crippen LogP contribution in [0.25, 0.3) is 10.9 Å². The van der Waals surface area contributed by atoms with Crippen molar-refractivity contribution in [2.45, 2.75) is 0 Å². The number of aromatic nitrogens is 2. The Kier molecular flexibility index (Phi) is 2.95. The van der Waals surface area contributed by atoms with Crippen LogP contribution in [-0.2, 0) is 0 Å². The van der Waals surface area contributed by atoms with Gasteiger partial charge in [0.25, 0.3) is 5.91 Å². The molecule has 0 aliphatic heterocycles. The Morgan fingerprint density at radius 1 is 1.20 bits per heavy atom. The molecule has 1 heterocycles. The predicted molar refractivity (Wildman–Crippen MR) is 75.2 cm³/mol. The minimum atomic E-state index is -0.328. The number of para-hydroxylation sites is 1. The highest BCUT2D eigenvalue weighted by Crippen LogP contribution is 2.20. The number of amides is 1. The Morgan fingerprint density at radius 2 is 1.95 bits per heavy atom. The summed E-state index contributed by atoms with van der Waals surface area (Å²) in [5.74, 6) is -0.503. The van der Waals surface area contributed by atoms with Gasteiger partial charge in [-0.1, -0.05) is 12.1 Å². The number of carbonyl (C=O) groups excluding carboxylic acids is 1. The molecule has 5 heteroatoms. The average Bonchev–Trinajstić information content (AvgIpc) is 2.95. The van der Waals surface area contributed by atoms with Gasteiger partial charge in [-0.25, -0.2) is 4.39 Å². The molecule has 0 fully saturated rings. The number of nitrogens with one attached hydrogen (secondary N) is 1. The fraction of sp³-hybridized carbons (Fsp3) is 0.0667. The number of hydrogen-bond donors (Lipinski definition) is 1. The second-order valence-corrected chi connectivity index (χ2v) is 4.48. The van der Waals surface area contributed by atoms with Gasteiger partial charge in [-0.2, -0.15) is 5.10 Å². The monoisotopic (exact) mass is 269 g/mol. The average molecular weight is 269 g/mol. The summed E-state index contributed by atoms with van der Waals surface area (Å²) < 4.78 is 12.9. The number of H-pyrrole nitrogens is 1. The minimum Gasteiger partial charge on any atom is -0.311 e. The van der Waals surface area contributed by atoms with Gasteiger partial charge in [0.05, 0.1) is 17.3 Å². The lowest BCUT2D eigenvalue weighted by Gasteiger charge is -2.17. The summed E-state index contributed by atoms with van der Waals surface area (Å²) in [5.41, 5.74) is 1.87. The molecule has 0 saturated heterocycles. The van der Waals surface area contributed by atoms with E-state index in [4.69, 9.17) is 0 Å². The Balaban J connectivity index is 1.99. The highest BCUT2D eigenvalue weighted by atomic mass is 19.1. The van der Waals surface area contributed by atoms with E-state index in [-0.39, 0.29) is 11.7 Å². The predicted octanol–water partition coefficient (Wildman–Crippen LogP) is 2.98. The molecule has 0 spiro atoms. The molecule has 2 aromatic carbocycles. The van der Waals surface area contributed by atoms with E-state index in [0.717, 1.165) is 5.39 Å². The number of benzene rings is 2. The standard InChI is InChI=1S/C15H12FN3O/c1-19(12-7-5-11(16)6-8-12)15(20)13-4-2-3-10-9-17-18-14(10)13/h2-9H,1H3,(H,17,18). The first-order chi connectivity index (χ1) is 9.66. The number of hydrogen-bond acceptors (Lipinski definition) is 2. The van der Waals surface area contributed by atoms with Crippen molar-refractivity contribution in [3.05, 3.63) is 60.0 Å². The molecule has 3 rings (SSSR count). The van der Waals surface area contributed by atoms with E-state index in [0.29, 0.717) is 16.8 Å². The molecule has 0 aliphatic rings. The largest absolute Gasteiger partial charge is 0.311 e. The van der Waals surface area contributed by atoms with Gasteiger partial charge in [0, 0.05) is 18.1 Å². The third-order valence-electron chi connectivity index (χ3n) is 3.23. The van der Waals surface area contributed by atoms with E-state index in [9.17, 15) is 9.18 Å². The maximum Gasteiger partial charge on any atom is 0.260 e. The van der Waals surface area contributed by atoms with Crippen LogP contribution in [0.2, 0.25) is 0 Å². The molecule has 0 atom stereocenters. The van der Waals surface area contributed by atoms with Crippen LogP contribution in [0.3, 0.4) is 0 Å². The van der Waals surface area contributed by atoms with Crippen LogP contribution in [0.5, 0.6) is 0 Å². The van der Waals surface area contributed by atoms with E-state index >= 15 is 0 Å². The molecule has 100 valence electrons. The van der Waals surface area contributed by atoms with Crippen molar-refractivity contribution in [3.63, 3.8) is 0 Å². The highest BCUT2D eigenvalue weighted by molar-refractivity contribution is 6.12. The van der Waals surface area contributed by atoms with Gasteiger partial charge in [0.15, 0.2) is 0 Å². The zero-order chi connectivity index (χ0) is 14.1. The molecule has 0 unspecified atom stereocenters. The van der Waals surface area contributed by atoms with Gasteiger partial charge < -0.3 is 4.90 Å². The number of carbonyl (C=O) groups is 1. The van der Waals surface area contributed by atoms with E-state index in [1.54, 1.807) is 31.4 Å². The molecule has 3 aromatic rings. The number of anilines is 1. The molecular weight excluding hydrogens is 257 g/mol. The Bertz CT molecular complexity index is 764. The third kappa shape index (κ3) is 2.03. The van der Waals surface area contributed by atoms with Crippen LogP contribution in [0.4, 0.5) is 10.1 Å². The van der Waals surface area contributed by atoms with Crippen molar-refractivity contribution < 1.29 is 9.18 Å². The van der Waals surface area contributed by atoms with Crippen LogP contribution >= 0.6 is 0 Å². The minimum absolute atomic E-state index is 0.175. The van der Waals surface area contributed by atoms with Gasteiger partial charge >= 0.3 is 0 Å². The fourth-order valence-electron chi connectivity index (χ4n) is 2.11. The Hall–Kier alpha value is -2.69. The van der Waals surface area contributed by atoms with Crippen LogP contribution in [0, 0.1) is 5.82 Å². The normalized spacial score (nSPS) is 10.7. The summed E-state index contributed by atoms with van der Waals surface area (Å²) in [7, 11) is 1.66. The molecule has 4 nitrogen and oxygen atoms in total. The number of rotatable bonds is 2. The Morgan fingerprint density at radius 3 is 2.70 bits per heavy atom. The van der Waals surface area contributed by atoms with Crippen molar-refractivity contribution >= 4 is 22.5 Å². The molecule has 1 N–H and O–H groups in total. The van der Waals surface area contributed by atoms with Crippen molar-refractivity contribution in [1.82, 2.24) is 10.2 Å². The van der Waals surface area contributed by atoms with Crippen molar-refractivity contribution in [1.29, 1.82) is 0 Å². The number of halogens is 1. The molecule has 0 aliphatic carbocycles. The van der Waals surface area contributed by atoms with Gasteiger partial charge in [-0.3, -0.25) is 9.89 Å². The summed E-state index contributed by atoms with van der Waals surface area (Å²) in [6.07, 6.45) is 1.67. The molecule has 1 amide bonds. The van der Waals surface area contributed by atoms with Crippen molar-refractivity contribution in [2.24, 2.45) is 0 Å².